The number of ether oxygens (including phenoxy) is 4. The number of benzene rings is 3. The van der Waals surface area contributed by atoms with Crippen molar-refractivity contribution in [3.63, 3.8) is 0 Å². The van der Waals surface area contributed by atoms with Crippen LogP contribution in [-0.4, -0.2) is 38.2 Å². The third-order valence-corrected chi connectivity index (χ3v) is 7.52. The second-order valence-electron chi connectivity index (χ2n) is 8.68. The molecule has 0 aromatic heterocycles. The van der Waals surface area contributed by atoms with Crippen LogP contribution in [0.25, 0.3) is 0 Å². The summed E-state index contributed by atoms with van der Waals surface area (Å²) < 4.78 is 37.7. The zero-order valence-corrected chi connectivity index (χ0v) is 21.2. The number of esters is 1. The van der Waals surface area contributed by atoms with Crippen molar-refractivity contribution < 1.29 is 38.0 Å². The third-order valence-electron chi connectivity index (χ3n) is 6.99. The van der Waals surface area contributed by atoms with E-state index in [2.05, 4.69) is 15.9 Å². The van der Waals surface area contributed by atoms with Crippen molar-refractivity contribution in [2.24, 2.45) is 5.92 Å². The van der Waals surface area contributed by atoms with Crippen LogP contribution >= 0.6 is 15.9 Å². The van der Waals surface area contributed by atoms with Crippen LogP contribution in [0.15, 0.2) is 65.1 Å². The molecule has 36 heavy (non-hydrogen) atoms. The van der Waals surface area contributed by atoms with E-state index < -0.39 is 40.6 Å². The lowest BCUT2D eigenvalue weighted by Gasteiger charge is -2.40. The van der Waals surface area contributed by atoms with Gasteiger partial charge in [-0.3, -0.25) is 9.59 Å². The highest BCUT2D eigenvalue weighted by molar-refractivity contribution is 9.10. The molecule has 1 aliphatic carbocycles. The van der Waals surface area contributed by atoms with E-state index in [4.69, 9.17) is 18.9 Å². The van der Waals surface area contributed by atoms with Gasteiger partial charge < -0.3 is 24.1 Å². The summed E-state index contributed by atoms with van der Waals surface area (Å²) in [6, 6.07) is 15.3. The third kappa shape index (κ3) is 3.19. The molecule has 2 bridgehead atoms. The number of hydrogen-bond donors (Lipinski definition) is 1. The Labute approximate surface area is 214 Å². The monoisotopic (exact) mass is 556 g/mol. The topological polar surface area (TPSA) is 91.3 Å². The van der Waals surface area contributed by atoms with Gasteiger partial charge in [0.25, 0.3) is 0 Å². The number of Topliss-reactive ketones (excluding diaryl/α,β-unsaturated/α-hetero) is 1. The van der Waals surface area contributed by atoms with E-state index in [1.165, 1.54) is 51.7 Å². The Morgan fingerprint density at radius 3 is 2.39 bits per heavy atom. The van der Waals surface area contributed by atoms with E-state index in [-0.39, 0.29) is 22.6 Å². The Morgan fingerprint density at radius 2 is 1.78 bits per heavy atom. The molecule has 186 valence electrons. The summed E-state index contributed by atoms with van der Waals surface area (Å²) in [5, 5.41) is 12.3. The summed E-state index contributed by atoms with van der Waals surface area (Å²) in [6.07, 6.45) is 0. The predicted molar refractivity (Wildman–Crippen MR) is 130 cm³/mol. The highest BCUT2D eigenvalue weighted by atomic mass is 79.9. The van der Waals surface area contributed by atoms with E-state index in [0.717, 1.165) is 4.47 Å². The van der Waals surface area contributed by atoms with Gasteiger partial charge in [-0.1, -0.05) is 40.2 Å². The van der Waals surface area contributed by atoms with Crippen molar-refractivity contribution in [3.05, 3.63) is 87.6 Å². The van der Waals surface area contributed by atoms with Crippen LogP contribution in [0.3, 0.4) is 0 Å². The van der Waals surface area contributed by atoms with Gasteiger partial charge in [-0.25, -0.2) is 4.39 Å². The summed E-state index contributed by atoms with van der Waals surface area (Å²) in [4.78, 5) is 27.8. The van der Waals surface area contributed by atoms with Crippen molar-refractivity contribution in [1.82, 2.24) is 0 Å². The summed E-state index contributed by atoms with van der Waals surface area (Å²) in [7, 11) is 3.99. The summed E-state index contributed by atoms with van der Waals surface area (Å²) in [6.45, 7) is 0. The molecule has 4 atom stereocenters. The zero-order chi connectivity index (χ0) is 25.8. The van der Waals surface area contributed by atoms with Gasteiger partial charge in [0.05, 0.1) is 32.8 Å². The van der Waals surface area contributed by atoms with E-state index in [1.54, 1.807) is 30.3 Å². The summed E-state index contributed by atoms with van der Waals surface area (Å²) >= 11 is 3.39. The minimum absolute atomic E-state index is 0.0159. The first-order valence-electron chi connectivity index (χ1n) is 11.0. The second-order valence-corrected chi connectivity index (χ2v) is 9.59. The average molecular weight is 557 g/mol. The lowest BCUT2D eigenvalue weighted by atomic mass is 9.75. The Kier molecular flexibility index (Phi) is 5.80. The number of aliphatic hydroxyl groups is 1. The van der Waals surface area contributed by atoms with Crippen LogP contribution < -0.4 is 14.2 Å². The maximum Gasteiger partial charge on any atom is 0.313 e. The maximum absolute atomic E-state index is 14.5. The van der Waals surface area contributed by atoms with E-state index >= 15 is 0 Å². The first-order chi connectivity index (χ1) is 17.2. The first-order valence-corrected chi connectivity index (χ1v) is 11.8. The summed E-state index contributed by atoms with van der Waals surface area (Å²) in [5.74, 6) is -4.29. The van der Waals surface area contributed by atoms with Crippen LogP contribution in [-0.2, 0) is 25.5 Å². The fourth-order valence-electron chi connectivity index (χ4n) is 5.52. The van der Waals surface area contributed by atoms with E-state index in [1.807, 2.05) is 0 Å². The van der Waals surface area contributed by atoms with Crippen LogP contribution in [0, 0.1) is 11.7 Å². The van der Waals surface area contributed by atoms with E-state index in [0.29, 0.717) is 11.3 Å². The molecular weight excluding hydrogens is 535 g/mol. The number of rotatable bonds is 5. The Bertz CT molecular complexity index is 1380. The molecular formula is C27H22BrFO7. The minimum atomic E-state index is -2.41. The molecule has 0 radical (unpaired) electrons. The Balaban J connectivity index is 1.92. The molecule has 2 unspecified atom stereocenters. The highest BCUT2D eigenvalue weighted by Gasteiger charge is 2.77. The molecule has 7 nitrogen and oxygen atoms in total. The number of methoxy groups -OCH3 is 3. The number of carbonyl (C=O) groups excluding carboxylic acids is 2. The predicted octanol–water partition coefficient (Wildman–Crippen LogP) is 4.24. The number of fused-ring (bicyclic) bond motifs is 4. The molecule has 1 heterocycles. The van der Waals surface area contributed by atoms with Gasteiger partial charge in [0.2, 0.25) is 11.4 Å². The molecule has 3 aromatic rings. The number of ketones is 1. The van der Waals surface area contributed by atoms with Crippen LogP contribution in [0.4, 0.5) is 4.39 Å². The Morgan fingerprint density at radius 1 is 1.06 bits per heavy atom. The van der Waals surface area contributed by atoms with E-state index in [9.17, 15) is 19.1 Å². The molecule has 0 spiro atoms. The highest BCUT2D eigenvalue weighted by Crippen LogP contribution is 2.66. The van der Waals surface area contributed by atoms with Crippen LogP contribution in [0.5, 0.6) is 17.2 Å². The molecule has 1 fully saturated rings. The van der Waals surface area contributed by atoms with Gasteiger partial charge >= 0.3 is 5.97 Å². The Hall–Kier alpha value is -3.43. The quantitative estimate of drug-likeness (QED) is 0.470. The summed E-state index contributed by atoms with van der Waals surface area (Å²) in [5.41, 5.74) is -3.66. The molecule has 1 aliphatic heterocycles. The maximum atomic E-state index is 14.5. The lowest BCUT2D eigenvalue weighted by Crippen LogP contribution is -2.51. The van der Waals surface area contributed by atoms with Gasteiger partial charge in [0, 0.05) is 22.2 Å². The molecule has 5 rings (SSSR count). The van der Waals surface area contributed by atoms with Crippen molar-refractivity contribution in [1.29, 1.82) is 0 Å². The van der Waals surface area contributed by atoms with Crippen molar-refractivity contribution in [2.75, 3.05) is 21.3 Å². The molecule has 0 amide bonds. The largest absolute Gasteiger partial charge is 0.496 e. The number of carbonyl (C=O) groups is 2. The molecule has 2 aliphatic rings. The SMILES string of the molecule is COC(=O)C1C(c2cccc(F)c2)[C@]2(c3ccc(Br)cc3)Oc3cc(OC)cc(OC)c3[C@@]1(O)C2=O. The van der Waals surface area contributed by atoms with Gasteiger partial charge in [-0.2, -0.15) is 0 Å². The van der Waals surface area contributed by atoms with Crippen molar-refractivity contribution in [2.45, 2.75) is 17.1 Å². The van der Waals surface area contributed by atoms with Crippen LogP contribution in [0.1, 0.15) is 22.6 Å². The van der Waals surface area contributed by atoms with Gasteiger partial charge in [0.15, 0.2) is 5.60 Å². The molecule has 3 aromatic carbocycles. The fourth-order valence-corrected chi connectivity index (χ4v) is 5.79. The second kappa shape index (κ2) is 8.60. The van der Waals surface area contributed by atoms with Gasteiger partial charge in [-0.05, 0) is 29.8 Å². The molecule has 1 saturated carbocycles. The van der Waals surface area contributed by atoms with Crippen molar-refractivity contribution >= 4 is 27.7 Å². The standard InChI is InChI=1S/C27H22BrFO7/c1-33-18-12-19(34-2)22-20(13-18)36-27(15-7-9-16(28)10-8-15)21(14-5-4-6-17(29)11-14)23(24(30)35-3)26(22,32)25(27)31/h4-13,21,23,32H,1-3H3/t21?,23?,26-,27-/m0/s1. The smallest absolute Gasteiger partial charge is 0.313 e. The normalized spacial score (nSPS) is 26.1. The van der Waals surface area contributed by atoms with Crippen molar-refractivity contribution in [3.8, 4) is 17.2 Å². The number of hydrogen-bond acceptors (Lipinski definition) is 7. The molecule has 1 N–H and O–H groups in total. The zero-order valence-electron chi connectivity index (χ0n) is 19.6. The lowest BCUT2D eigenvalue weighted by molar-refractivity contribution is -0.162. The van der Waals surface area contributed by atoms with Gasteiger partial charge in [-0.15, -0.1) is 0 Å². The van der Waals surface area contributed by atoms with Gasteiger partial charge in [0.1, 0.15) is 29.0 Å². The first kappa shape index (κ1) is 24.3. The minimum Gasteiger partial charge on any atom is -0.496 e. The number of halogens is 2. The fraction of sp³-hybridized carbons (Fsp3) is 0.259. The molecule has 0 saturated heterocycles. The van der Waals surface area contributed by atoms with Crippen LogP contribution in [0.2, 0.25) is 0 Å². The average Bonchev–Trinajstić information content (AvgIpc) is 3.00. The molecule has 9 heteroatoms.